The normalized spacial score (nSPS) is 20.3. The van der Waals surface area contributed by atoms with Gasteiger partial charge in [-0.15, -0.1) is 11.3 Å². The van der Waals surface area contributed by atoms with E-state index >= 15 is 0 Å². The minimum atomic E-state index is -9.80. The van der Waals surface area contributed by atoms with Crippen molar-refractivity contribution < 1.29 is 32.6 Å². The number of carbonyl (C=O) groups excluding carboxylic acids is 1. The number of thiazole rings is 1. The minimum absolute atomic E-state index is 0.0201. The van der Waals surface area contributed by atoms with Crippen LogP contribution in [0.1, 0.15) is 21.1 Å². The van der Waals surface area contributed by atoms with Gasteiger partial charge < -0.3 is 4.90 Å². The highest BCUT2D eigenvalue weighted by molar-refractivity contribution is 8.45. The van der Waals surface area contributed by atoms with Gasteiger partial charge in [0.05, 0.1) is 30.5 Å². The van der Waals surface area contributed by atoms with E-state index in [1.54, 1.807) is 6.92 Å². The van der Waals surface area contributed by atoms with E-state index in [-0.39, 0.29) is 36.4 Å². The van der Waals surface area contributed by atoms with E-state index in [0.717, 1.165) is 28.1 Å². The molecule has 0 bridgehead atoms. The summed E-state index contributed by atoms with van der Waals surface area (Å²) in [6.45, 7) is 3.66. The van der Waals surface area contributed by atoms with Gasteiger partial charge in [-0.3, -0.25) is 4.79 Å². The smallest absolute Gasteiger partial charge is 0.310 e. The molecule has 1 amide bonds. The van der Waals surface area contributed by atoms with Gasteiger partial charge in [0.2, 0.25) is 5.91 Å². The van der Waals surface area contributed by atoms with E-state index in [9.17, 15) is 32.6 Å². The van der Waals surface area contributed by atoms with Crippen LogP contribution < -0.4 is 0 Å². The molecule has 31 heavy (non-hydrogen) atoms. The number of hydrogen-bond acceptors (Lipinski definition) is 5. The fourth-order valence-electron chi connectivity index (χ4n) is 3.04. The highest BCUT2D eigenvalue weighted by Gasteiger charge is 2.65. The summed E-state index contributed by atoms with van der Waals surface area (Å²) in [5.41, 5.74) is 0.866. The first-order valence-electron chi connectivity index (χ1n) is 8.90. The van der Waals surface area contributed by atoms with Gasteiger partial charge in [0, 0.05) is 10.3 Å². The summed E-state index contributed by atoms with van der Waals surface area (Å²) in [5, 5.41) is 1.59. The second-order valence-electron chi connectivity index (χ2n) is 7.29. The third-order valence-corrected chi connectivity index (χ3v) is 8.33. The first-order chi connectivity index (χ1) is 13.9. The standard InChI is InChI=1S/C18H19F5N2O3S3/c1-12-13(2)29-17(24-12)10-25(15-7-8-30(27,28)11-15)18(26)9-14-3-5-16(6-4-14)31(19,20,21,22)23/h3-8,15H,9-11H2,1-2H3. The van der Waals surface area contributed by atoms with Crippen LogP contribution in [0.5, 0.6) is 0 Å². The predicted molar refractivity (Wildman–Crippen MR) is 110 cm³/mol. The predicted octanol–water partition coefficient (Wildman–Crippen LogP) is 5.30. The molecule has 0 spiro atoms. The summed E-state index contributed by atoms with van der Waals surface area (Å²) < 4.78 is 88.0. The van der Waals surface area contributed by atoms with Crippen molar-refractivity contribution in [3.8, 4) is 0 Å². The molecule has 5 nitrogen and oxygen atoms in total. The zero-order valence-electron chi connectivity index (χ0n) is 16.4. The van der Waals surface area contributed by atoms with Crippen LogP contribution in [0.25, 0.3) is 0 Å². The summed E-state index contributed by atoms with van der Waals surface area (Å²) in [7, 11) is -13.3. The average molecular weight is 503 g/mol. The van der Waals surface area contributed by atoms with Gasteiger partial charge in [-0.05, 0) is 37.6 Å². The van der Waals surface area contributed by atoms with Gasteiger partial charge >= 0.3 is 10.2 Å². The molecule has 1 aliphatic rings. The second-order valence-corrected chi connectivity index (χ2v) is 12.9. The minimum Gasteiger partial charge on any atom is -0.328 e. The van der Waals surface area contributed by atoms with Crippen molar-refractivity contribution in [2.45, 2.75) is 37.8 Å². The van der Waals surface area contributed by atoms with Crippen LogP contribution in [0, 0.1) is 13.8 Å². The van der Waals surface area contributed by atoms with E-state index in [2.05, 4.69) is 4.98 Å². The van der Waals surface area contributed by atoms with Gasteiger partial charge in [0.1, 0.15) is 9.90 Å². The third kappa shape index (κ3) is 5.83. The molecular weight excluding hydrogens is 483 g/mol. The molecule has 1 aliphatic heterocycles. The molecule has 1 unspecified atom stereocenters. The number of aryl methyl sites for hydroxylation is 2. The van der Waals surface area contributed by atoms with Crippen molar-refractivity contribution in [1.82, 2.24) is 9.88 Å². The molecule has 0 N–H and O–H groups in total. The van der Waals surface area contributed by atoms with Crippen molar-refractivity contribution in [2.75, 3.05) is 5.75 Å². The van der Waals surface area contributed by atoms with E-state index in [0.29, 0.717) is 5.01 Å². The van der Waals surface area contributed by atoms with E-state index in [1.807, 2.05) is 6.92 Å². The zero-order chi connectivity index (χ0) is 23.3. The molecule has 172 valence electrons. The number of halogens is 5. The van der Waals surface area contributed by atoms with Crippen molar-refractivity contribution in [1.29, 1.82) is 0 Å². The average Bonchev–Trinajstić information content (AvgIpc) is 3.12. The summed E-state index contributed by atoms with van der Waals surface area (Å²) in [4.78, 5) is 17.5. The van der Waals surface area contributed by atoms with Gasteiger partial charge in [-0.25, -0.2) is 13.4 Å². The van der Waals surface area contributed by atoms with Crippen LogP contribution in [-0.2, 0) is 27.6 Å². The fourth-order valence-corrected chi connectivity index (χ4v) is 5.92. The molecule has 1 atom stereocenters. The maximum Gasteiger partial charge on any atom is 0.310 e. The molecule has 0 aliphatic carbocycles. The molecule has 0 radical (unpaired) electrons. The van der Waals surface area contributed by atoms with Gasteiger partial charge in [-0.1, -0.05) is 31.6 Å². The Morgan fingerprint density at radius 2 is 1.77 bits per heavy atom. The van der Waals surface area contributed by atoms with E-state index < -0.39 is 36.9 Å². The number of carbonyl (C=O) groups is 1. The highest BCUT2D eigenvalue weighted by atomic mass is 32.5. The molecule has 1 aromatic heterocycles. The van der Waals surface area contributed by atoms with Crippen LogP contribution in [0.3, 0.4) is 0 Å². The topological polar surface area (TPSA) is 67.3 Å². The maximum absolute atomic E-state index is 12.9. The number of rotatable bonds is 6. The van der Waals surface area contributed by atoms with Crippen molar-refractivity contribution >= 4 is 37.3 Å². The van der Waals surface area contributed by atoms with Crippen LogP contribution >= 0.6 is 21.6 Å². The molecule has 2 aromatic rings. The third-order valence-electron chi connectivity index (χ3n) is 4.73. The number of nitrogens with zero attached hydrogens (tertiary/aromatic N) is 2. The van der Waals surface area contributed by atoms with Crippen LogP contribution in [-0.4, -0.2) is 36.0 Å². The molecule has 0 fully saturated rings. The Kier molecular flexibility index (Phi) is 5.35. The Hall–Kier alpha value is -1.99. The van der Waals surface area contributed by atoms with Crippen LogP contribution in [0.15, 0.2) is 40.6 Å². The molecule has 2 heterocycles. The zero-order valence-corrected chi connectivity index (χ0v) is 18.8. The largest absolute Gasteiger partial charge is 0.328 e. The number of aromatic nitrogens is 1. The molecule has 1 aromatic carbocycles. The maximum atomic E-state index is 12.9. The second kappa shape index (κ2) is 7.01. The monoisotopic (exact) mass is 502 g/mol. The quantitative estimate of drug-likeness (QED) is 0.503. The van der Waals surface area contributed by atoms with Crippen LogP contribution in [0.2, 0.25) is 0 Å². The SMILES string of the molecule is Cc1nc(CN(C(=O)Cc2ccc(S(F)(F)(F)(F)F)cc2)C2C=CS(=O)(=O)C2)sc1C. The first kappa shape index (κ1) is 23.7. The Morgan fingerprint density at radius 3 is 2.23 bits per heavy atom. The number of sulfone groups is 1. The Labute approximate surface area is 180 Å². The molecule has 3 rings (SSSR count). The van der Waals surface area contributed by atoms with E-state index in [1.165, 1.54) is 22.3 Å². The lowest BCUT2D eigenvalue weighted by molar-refractivity contribution is -0.132. The lowest BCUT2D eigenvalue weighted by Gasteiger charge is -2.40. The van der Waals surface area contributed by atoms with E-state index in [4.69, 9.17) is 0 Å². The van der Waals surface area contributed by atoms with Crippen molar-refractivity contribution in [2.24, 2.45) is 0 Å². The molecule has 0 saturated heterocycles. The Bertz CT molecular complexity index is 1140. The fraction of sp³-hybridized carbons (Fsp3) is 0.333. The first-order valence-corrected chi connectivity index (χ1v) is 13.4. The lowest BCUT2D eigenvalue weighted by atomic mass is 10.1. The van der Waals surface area contributed by atoms with Gasteiger partial charge in [0.25, 0.3) is 0 Å². The van der Waals surface area contributed by atoms with Crippen molar-refractivity contribution in [3.05, 3.63) is 56.9 Å². The lowest BCUT2D eigenvalue weighted by Crippen LogP contribution is -2.41. The molecular formula is C18H19F5N2O3S3. The number of benzene rings is 1. The Balaban J connectivity index is 1.84. The Morgan fingerprint density at radius 1 is 1.16 bits per heavy atom. The highest BCUT2D eigenvalue weighted by Crippen LogP contribution is 3.02. The van der Waals surface area contributed by atoms with Crippen molar-refractivity contribution in [3.63, 3.8) is 0 Å². The van der Waals surface area contributed by atoms with Crippen LogP contribution in [0.4, 0.5) is 19.4 Å². The summed E-state index contributed by atoms with van der Waals surface area (Å²) in [5.74, 6) is -0.872. The summed E-state index contributed by atoms with van der Waals surface area (Å²) >= 11 is 1.35. The van der Waals surface area contributed by atoms with Gasteiger partial charge in [0.15, 0.2) is 9.84 Å². The number of amides is 1. The summed E-state index contributed by atoms with van der Waals surface area (Å²) in [6.07, 6.45) is 0.992. The number of hydrogen-bond donors (Lipinski definition) is 0. The van der Waals surface area contributed by atoms with Gasteiger partial charge in [-0.2, -0.15) is 0 Å². The summed E-state index contributed by atoms with van der Waals surface area (Å²) in [6, 6.07) is 1.39. The molecule has 0 saturated carbocycles. The molecule has 13 heteroatoms.